The molecule has 4 heteroatoms. The summed E-state index contributed by atoms with van der Waals surface area (Å²) >= 11 is 0. The smallest absolute Gasteiger partial charge is 0.197 e. The van der Waals surface area contributed by atoms with Gasteiger partial charge in [0.2, 0.25) is 0 Å². The molecule has 0 amide bonds. The molecule has 0 bridgehead atoms. The van der Waals surface area contributed by atoms with E-state index in [0.29, 0.717) is 18.6 Å². The zero-order chi connectivity index (χ0) is 14.6. The topological polar surface area (TPSA) is 44.8 Å². The van der Waals surface area contributed by atoms with Gasteiger partial charge in [0, 0.05) is 5.56 Å². The summed E-state index contributed by atoms with van der Waals surface area (Å²) in [6, 6.07) is 7.12. The lowest BCUT2D eigenvalue weighted by atomic mass is 9.91. The molecule has 0 aliphatic carbocycles. The lowest BCUT2D eigenvalue weighted by molar-refractivity contribution is -0.0826. The highest BCUT2D eigenvalue weighted by molar-refractivity contribution is 6.02. The third kappa shape index (κ3) is 2.86. The Kier molecular flexibility index (Phi) is 4.78. The van der Waals surface area contributed by atoms with E-state index in [2.05, 4.69) is 6.92 Å². The monoisotopic (exact) mass is 278 g/mol. The summed E-state index contributed by atoms with van der Waals surface area (Å²) in [6.45, 7) is 4.36. The quantitative estimate of drug-likeness (QED) is 0.750. The highest BCUT2D eigenvalue weighted by atomic mass is 16.7. The van der Waals surface area contributed by atoms with Crippen molar-refractivity contribution >= 4 is 5.78 Å². The Labute approximate surface area is 120 Å². The van der Waals surface area contributed by atoms with Crippen LogP contribution in [0, 0.1) is 0 Å². The van der Waals surface area contributed by atoms with E-state index in [4.69, 9.17) is 14.2 Å². The van der Waals surface area contributed by atoms with Gasteiger partial charge in [-0.15, -0.1) is 0 Å². The maximum absolute atomic E-state index is 12.7. The van der Waals surface area contributed by atoms with Gasteiger partial charge in [0.05, 0.1) is 13.7 Å². The molecule has 20 heavy (non-hydrogen) atoms. The molecule has 1 aromatic carbocycles. The average Bonchev–Trinajstić information content (AvgIpc) is 2.92. The van der Waals surface area contributed by atoms with Crippen LogP contribution >= 0.6 is 0 Å². The minimum absolute atomic E-state index is 0.0127. The van der Waals surface area contributed by atoms with Crippen molar-refractivity contribution in [3.8, 4) is 5.75 Å². The minimum Gasteiger partial charge on any atom is -0.497 e. The van der Waals surface area contributed by atoms with Crippen LogP contribution in [0.15, 0.2) is 24.3 Å². The number of carbonyl (C=O) groups is 1. The van der Waals surface area contributed by atoms with Crippen molar-refractivity contribution in [1.82, 2.24) is 0 Å². The Bertz CT molecular complexity index is 454. The number of methoxy groups -OCH3 is 1. The van der Waals surface area contributed by atoms with E-state index in [1.165, 1.54) is 0 Å². The van der Waals surface area contributed by atoms with Crippen molar-refractivity contribution < 1.29 is 19.0 Å². The molecular formula is C16H22O4. The van der Waals surface area contributed by atoms with E-state index < -0.39 is 5.60 Å². The summed E-state index contributed by atoms with van der Waals surface area (Å²) in [5.41, 5.74) is -0.206. The second-order valence-electron chi connectivity index (χ2n) is 5.05. The first-order valence-corrected chi connectivity index (χ1v) is 7.13. The van der Waals surface area contributed by atoms with Gasteiger partial charge in [-0.25, -0.2) is 0 Å². The molecule has 1 aromatic rings. The van der Waals surface area contributed by atoms with Gasteiger partial charge >= 0.3 is 0 Å². The summed E-state index contributed by atoms with van der Waals surface area (Å²) in [5, 5.41) is 0. The van der Waals surface area contributed by atoms with Gasteiger partial charge in [-0.1, -0.05) is 20.3 Å². The lowest BCUT2D eigenvalue weighted by Crippen LogP contribution is -2.41. The number of carbonyl (C=O) groups excluding carboxylic acids is 1. The third-order valence-corrected chi connectivity index (χ3v) is 3.72. The Morgan fingerprint density at radius 3 is 2.60 bits per heavy atom. The molecular weight excluding hydrogens is 256 g/mol. The molecule has 1 aliphatic heterocycles. The van der Waals surface area contributed by atoms with Gasteiger partial charge in [-0.2, -0.15) is 0 Å². The maximum Gasteiger partial charge on any atom is 0.197 e. The van der Waals surface area contributed by atoms with E-state index in [-0.39, 0.29) is 12.1 Å². The van der Waals surface area contributed by atoms with Crippen LogP contribution in [0.2, 0.25) is 0 Å². The molecule has 4 nitrogen and oxygen atoms in total. The lowest BCUT2D eigenvalue weighted by Gasteiger charge is -2.24. The fourth-order valence-corrected chi connectivity index (χ4v) is 2.40. The summed E-state index contributed by atoms with van der Waals surface area (Å²) in [7, 11) is 1.60. The number of hydrogen-bond acceptors (Lipinski definition) is 4. The maximum atomic E-state index is 12.7. The summed E-state index contributed by atoms with van der Waals surface area (Å²) in [4.78, 5) is 12.7. The van der Waals surface area contributed by atoms with Gasteiger partial charge in [0.25, 0.3) is 0 Å². The van der Waals surface area contributed by atoms with E-state index in [1.807, 2.05) is 6.92 Å². The van der Waals surface area contributed by atoms with Crippen molar-refractivity contribution in [2.75, 3.05) is 13.7 Å². The molecule has 2 atom stereocenters. The van der Waals surface area contributed by atoms with Crippen molar-refractivity contribution in [3.63, 3.8) is 0 Å². The minimum atomic E-state index is -0.839. The van der Waals surface area contributed by atoms with Crippen molar-refractivity contribution in [3.05, 3.63) is 29.8 Å². The van der Waals surface area contributed by atoms with Crippen LogP contribution in [0.5, 0.6) is 5.75 Å². The molecule has 0 spiro atoms. The summed E-state index contributed by atoms with van der Waals surface area (Å²) in [6.07, 6.45) is 2.14. The Morgan fingerprint density at radius 1 is 1.35 bits per heavy atom. The average molecular weight is 278 g/mol. The highest BCUT2D eigenvalue weighted by Gasteiger charge is 2.46. The molecule has 0 saturated carbocycles. The first-order chi connectivity index (χ1) is 9.65. The number of ether oxygens (including phenoxy) is 3. The molecule has 2 unspecified atom stereocenters. The number of benzene rings is 1. The summed E-state index contributed by atoms with van der Waals surface area (Å²) < 4.78 is 16.6. The first kappa shape index (κ1) is 15.0. The van der Waals surface area contributed by atoms with Crippen LogP contribution in [-0.2, 0) is 9.47 Å². The highest BCUT2D eigenvalue weighted by Crippen LogP contribution is 2.32. The predicted octanol–water partition coefficient (Wildman–Crippen LogP) is 3.20. The fourth-order valence-electron chi connectivity index (χ4n) is 2.40. The van der Waals surface area contributed by atoms with Crippen LogP contribution < -0.4 is 4.74 Å². The second kappa shape index (κ2) is 6.37. The molecule has 0 aromatic heterocycles. The number of rotatable bonds is 6. The van der Waals surface area contributed by atoms with Crippen LogP contribution in [0.3, 0.4) is 0 Å². The Balaban J connectivity index is 2.16. The Morgan fingerprint density at radius 2 is 2.05 bits per heavy atom. The normalized spacial score (nSPS) is 25.6. The molecule has 0 N–H and O–H groups in total. The van der Waals surface area contributed by atoms with Crippen LogP contribution in [-0.4, -0.2) is 31.4 Å². The molecule has 1 aliphatic rings. The molecule has 2 rings (SSSR count). The van der Waals surface area contributed by atoms with Gasteiger partial charge < -0.3 is 14.2 Å². The van der Waals surface area contributed by atoms with Gasteiger partial charge in [-0.3, -0.25) is 4.79 Å². The number of hydrogen-bond donors (Lipinski definition) is 0. The van der Waals surface area contributed by atoms with Gasteiger partial charge in [-0.05, 0) is 37.1 Å². The van der Waals surface area contributed by atoms with Gasteiger partial charge in [0.1, 0.15) is 5.75 Å². The predicted molar refractivity (Wildman–Crippen MR) is 76.1 cm³/mol. The van der Waals surface area contributed by atoms with Crippen molar-refractivity contribution in [2.24, 2.45) is 0 Å². The second-order valence-corrected chi connectivity index (χ2v) is 5.05. The van der Waals surface area contributed by atoms with Crippen molar-refractivity contribution in [2.45, 2.75) is 45.0 Å². The molecule has 1 saturated heterocycles. The zero-order valence-electron chi connectivity index (χ0n) is 12.3. The van der Waals surface area contributed by atoms with Crippen LogP contribution in [0.25, 0.3) is 0 Å². The molecule has 0 radical (unpaired) electrons. The van der Waals surface area contributed by atoms with Gasteiger partial charge in [0.15, 0.2) is 17.7 Å². The van der Waals surface area contributed by atoms with E-state index >= 15 is 0 Å². The first-order valence-electron chi connectivity index (χ1n) is 7.13. The van der Waals surface area contributed by atoms with Crippen molar-refractivity contribution in [1.29, 1.82) is 0 Å². The fraction of sp³-hybridized carbons (Fsp3) is 0.562. The van der Waals surface area contributed by atoms with Crippen LogP contribution in [0.1, 0.15) is 43.5 Å². The Hall–Kier alpha value is -1.39. The number of ketones is 1. The van der Waals surface area contributed by atoms with Crippen LogP contribution in [0.4, 0.5) is 0 Å². The number of Topliss-reactive ketones (excluding diaryl/α,β-unsaturated/α-hetero) is 1. The largest absolute Gasteiger partial charge is 0.497 e. The summed E-state index contributed by atoms with van der Waals surface area (Å²) in [5.74, 6) is 0.723. The van der Waals surface area contributed by atoms with E-state index in [9.17, 15) is 4.79 Å². The molecule has 1 heterocycles. The van der Waals surface area contributed by atoms with E-state index in [1.54, 1.807) is 31.4 Å². The standard InChI is InChI=1S/C16H22O4/c1-4-6-14-19-11-16(5-2,20-14)15(17)12-7-9-13(18-3)10-8-12/h7-10,14H,4-6,11H2,1-3H3. The molecule has 110 valence electrons. The zero-order valence-corrected chi connectivity index (χ0v) is 12.3. The molecule has 1 fully saturated rings. The third-order valence-electron chi connectivity index (χ3n) is 3.72. The SMILES string of the molecule is CCCC1OCC(CC)(C(=O)c2ccc(OC)cc2)O1. The van der Waals surface area contributed by atoms with E-state index in [0.717, 1.165) is 18.6 Å².